The minimum absolute atomic E-state index is 0.0964. The van der Waals surface area contributed by atoms with Crippen molar-refractivity contribution in [2.24, 2.45) is 5.84 Å². The van der Waals surface area contributed by atoms with Crippen LogP contribution in [0.1, 0.15) is 31.1 Å². The van der Waals surface area contributed by atoms with Gasteiger partial charge in [0, 0.05) is 58.7 Å². The molecule has 0 aliphatic carbocycles. The summed E-state index contributed by atoms with van der Waals surface area (Å²) in [5, 5.41) is 17.7. The van der Waals surface area contributed by atoms with E-state index in [0.717, 1.165) is 42.4 Å². The number of carbonyl (C=O) groups excluding carboxylic acids is 2. The van der Waals surface area contributed by atoms with Gasteiger partial charge in [0.25, 0.3) is 5.56 Å². The molecule has 10 aromatic rings. The van der Waals surface area contributed by atoms with Crippen LogP contribution in [0.25, 0.3) is 50.6 Å². The molecule has 96 heavy (non-hydrogen) atoms. The third-order valence-electron chi connectivity index (χ3n) is 12.9. The summed E-state index contributed by atoms with van der Waals surface area (Å²) in [4.78, 5) is 46.4. The molecule has 0 bridgehead atoms. The van der Waals surface area contributed by atoms with Crippen molar-refractivity contribution in [3.63, 3.8) is 0 Å². The van der Waals surface area contributed by atoms with Crippen LogP contribution in [0.15, 0.2) is 213 Å². The number of fused-ring (bicyclic) bond motifs is 1. The number of rotatable bonds is 16. The Morgan fingerprint density at radius 2 is 1.10 bits per heavy atom. The SMILES string of the molecule is CCO/C=C(/C#N)C(=O)OCC.CCOC(=O)c1cnn(-c2cccc(S(C)(=O)=O)c2)c1N.CS(=O)(=O)c1cccc(-n2ncc3c(=O)n(-c4ccc(Cl)cc4)c(-c4ccc(-c5ccc(N)nc5)cc4)nc32)c1.CS(=O)(=O)c1cccc(N)c1.CS(=O)(=O)c1cccc(NN)c1. The Balaban J connectivity index is 0.000000216. The highest BCUT2D eigenvalue weighted by molar-refractivity contribution is 7.91. The number of pyridine rings is 1. The van der Waals surface area contributed by atoms with Crippen LogP contribution in [0.2, 0.25) is 5.02 Å². The number of hydrogen-bond acceptors (Lipinski definition) is 24. The highest BCUT2D eigenvalue weighted by Gasteiger charge is 2.22. The van der Waals surface area contributed by atoms with Gasteiger partial charge < -0.3 is 36.8 Å². The Bertz CT molecular complexity index is 5040. The summed E-state index contributed by atoms with van der Waals surface area (Å²) in [5.74, 6) is 4.81. The van der Waals surface area contributed by atoms with E-state index in [0.29, 0.717) is 62.9 Å². The lowest BCUT2D eigenvalue weighted by molar-refractivity contribution is -0.138. The molecule has 0 radical (unpaired) electrons. The van der Waals surface area contributed by atoms with Crippen molar-refractivity contribution in [2.45, 2.75) is 40.4 Å². The lowest BCUT2D eigenvalue weighted by atomic mass is 10.0. The molecule has 502 valence electrons. The number of halogens is 1. The summed E-state index contributed by atoms with van der Waals surface area (Å²) < 4.78 is 110. The van der Waals surface area contributed by atoms with Crippen LogP contribution >= 0.6 is 11.6 Å². The third kappa shape index (κ3) is 20.1. The van der Waals surface area contributed by atoms with E-state index in [1.54, 1.807) is 112 Å². The van der Waals surface area contributed by atoms with E-state index < -0.39 is 51.3 Å². The summed E-state index contributed by atoms with van der Waals surface area (Å²) in [5.41, 5.74) is 24.4. The molecule has 0 saturated carbocycles. The second kappa shape index (κ2) is 32.9. The largest absolute Gasteiger partial charge is 0.500 e. The number of hydrazine groups is 1. The van der Waals surface area contributed by atoms with Crippen molar-refractivity contribution in [1.82, 2.24) is 34.1 Å². The molecular formula is C64H66ClN13O14S4. The van der Waals surface area contributed by atoms with Crippen molar-refractivity contribution < 1.29 is 57.5 Å². The smallest absolute Gasteiger partial charge is 0.352 e. The van der Waals surface area contributed by atoms with E-state index in [4.69, 9.17) is 54.4 Å². The minimum atomic E-state index is -3.45. The van der Waals surface area contributed by atoms with E-state index in [1.807, 2.05) is 30.3 Å². The highest BCUT2D eigenvalue weighted by Crippen LogP contribution is 2.29. The van der Waals surface area contributed by atoms with Gasteiger partial charge in [0.1, 0.15) is 40.7 Å². The first-order valence-corrected chi connectivity index (χ1v) is 36.2. The number of ether oxygens (including phenoxy) is 3. The van der Waals surface area contributed by atoms with Crippen molar-refractivity contribution >= 4 is 96.9 Å². The second-order valence-corrected chi connectivity index (χ2v) is 28.6. The summed E-state index contributed by atoms with van der Waals surface area (Å²) in [6.45, 7) is 6.03. The number of sulfone groups is 4. The molecule has 0 saturated heterocycles. The first-order chi connectivity index (χ1) is 45.3. The quantitative estimate of drug-likeness (QED) is 0.0116. The third-order valence-corrected chi connectivity index (χ3v) is 17.6. The Labute approximate surface area is 558 Å². The number of carbonyl (C=O) groups is 2. The van der Waals surface area contributed by atoms with E-state index in [1.165, 1.54) is 74.9 Å². The summed E-state index contributed by atoms with van der Waals surface area (Å²) >= 11 is 6.12. The molecule has 0 aliphatic rings. The second-order valence-electron chi connectivity index (χ2n) is 20.1. The molecule has 6 aromatic carbocycles. The normalized spacial score (nSPS) is 11.3. The number of nitrogen functional groups attached to an aromatic ring is 4. The van der Waals surface area contributed by atoms with Crippen molar-refractivity contribution in [3.05, 3.63) is 209 Å². The van der Waals surface area contributed by atoms with E-state index in [2.05, 4.69) is 25.3 Å². The molecule has 0 unspecified atom stereocenters. The molecule has 32 heteroatoms. The Kier molecular flexibility index (Phi) is 25.4. The van der Waals surface area contributed by atoms with Crippen LogP contribution in [0.4, 0.5) is 23.0 Å². The zero-order chi connectivity index (χ0) is 70.7. The topological polar surface area (TPSA) is 422 Å². The Morgan fingerprint density at radius 3 is 1.60 bits per heavy atom. The van der Waals surface area contributed by atoms with Gasteiger partial charge in [-0.1, -0.05) is 60.1 Å². The van der Waals surface area contributed by atoms with Gasteiger partial charge in [-0.05, 0) is 136 Å². The molecule has 9 N–H and O–H groups in total. The summed E-state index contributed by atoms with van der Waals surface area (Å²) in [6.07, 6.45) is 10.1. The molecule has 10 rings (SSSR count). The zero-order valence-electron chi connectivity index (χ0n) is 52.6. The fourth-order valence-electron chi connectivity index (χ4n) is 8.25. The predicted octanol–water partition coefficient (Wildman–Crippen LogP) is 8.02. The number of anilines is 4. The number of esters is 2. The summed E-state index contributed by atoms with van der Waals surface area (Å²) in [7, 11) is -13.0. The Hall–Kier alpha value is -10.8. The maximum atomic E-state index is 13.9. The summed E-state index contributed by atoms with van der Waals surface area (Å²) in [6, 6.07) is 44.8. The molecule has 0 spiro atoms. The van der Waals surface area contributed by atoms with Gasteiger partial charge in [-0.25, -0.2) is 62.6 Å². The lowest BCUT2D eigenvalue weighted by Crippen LogP contribution is -2.22. The standard InChI is InChI=1S/C29H21ClN6O3S.C13H15N3O4S.C8H11NO3.C7H10N2O2S.C7H9NO2S/c1-40(38,39)24-4-2-3-23(15-24)36-28-25(17-33-36)29(37)35(22-12-10-21(30)11-13-22)27(34-28)19-7-5-18(6-8-19)20-9-14-26(31)32-16-20;1-3-20-13(17)11-8-15-16(12(11)14)9-5-4-6-10(7-9)21(2,18)19;1-3-11-6-7(5-9)8(10)12-4-2;1-12(10,11)7-4-2-3-6(5-7)9-8;1-11(9,10)7-4-2-3-6(8)5-7/h2-17H,1H3,(H2,31,32);4-8H,3,14H2,1-2H3;6H,3-4H2,1-2H3;2-5,9H,8H2,1H3;2-5H,8H2,1H3/b;;7-6-;;. The number of aromatic nitrogens is 7. The molecular weight excluding hydrogens is 1340 g/mol. The highest BCUT2D eigenvalue weighted by atomic mass is 35.5. The van der Waals surface area contributed by atoms with Crippen molar-refractivity contribution in [2.75, 3.05) is 67.5 Å². The van der Waals surface area contributed by atoms with Crippen LogP contribution in [-0.4, -0.2) is 125 Å². The van der Waals surface area contributed by atoms with Crippen LogP contribution in [-0.2, 0) is 58.4 Å². The number of nitrogens with two attached hydrogens (primary N) is 4. The van der Waals surface area contributed by atoms with Crippen LogP contribution < -0.4 is 34.0 Å². The Morgan fingerprint density at radius 1 is 0.594 bits per heavy atom. The van der Waals surface area contributed by atoms with Gasteiger partial charge in [-0.15, -0.1) is 0 Å². The first kappa shape index (κ1) is 74.3. The molecule has 27 nitrogen and oxygen atoms in total. The van der Waals surface area contributed by atoms with E-state index in [9.17, 15) is 48.1 Å². The molecule has 0 atom stereocenters. The molecule has 0 fully saturated rings. The number of hydrogen-bond donors (Lipinski definition) is 5. The van der Waals surface area contributed by atoms with Gasteiger partial charge >= 0.3 is 11.9 Å². The average Bonchev–Trinajstić information content (AvgIpc) is 1.72. The van der Waals surface area contributed by atoms with Gasteiger partial charge in [0.2, 0.25) is 0 Å². The maximum absolute atomic E-state index is 13.9. The van der Waals surface area contributed by atoms with Crippen LogP contribution in [0.5, 0.6) is 0 Å². The van der Waals surface area contributed by atoms with E-state index in [-0.39, 0.29) is 60.7 Å². The molecule has 4 aromatic heterocycles. The molecule has 0 aliphatic heterocycles. The van der Waals surface area contributed by atoms with Gasteiger partial charge in [-0.3, -0.25) is 15.2 Å². The zero-order valence-corrected chi connectivity index (χ0v) is 56.6. The van der Waals surface area contributed by atoms with Crippen molar-refractivity contribution in [3.8, 4) is 45.6 Å². The van der Waals surface area contributed by atoms with Gasteiger partial charge in [0.05, 0.1) is 68.9 Å². The average molecular weight is 1410 g/mol. The van der Waals surface area contributed by atoms with Crippen LogP contribution in [0.3, 0.4) is 0 Å². The lowest BCUT2D eigenvalue weighted by Gasteiger charge is -2.14. The van der Waals surface area contributed by atoms with Gasteiger partial charge in [-0.2, -0.15) is 15.5 Å². The first-order valence-electron chi connectivity index (χ1n) is 28.2. The number of benzene rings is 6. The molecule has 0 amide bonds. The monoisotopic (exact) mass is 1400 g/mol. The number of nitrogens with one attached hydrogen (secondary N) is 1. The van der Waals surface area contributed by atoms with Gasteiger partial charge in [0.15, 0.2) is 50.6 Å². The van der Waals surface area contributed by atoms with E-state index >= 15 is 0 Å². The predicted molar refractivity (Wildman–Crippen MR) is 366 cm³/mol. The fraction of sp³-hybridized carbons (Fsp3) is 0.156. The number of nitriles is 1. The fourth-order valence-corrected chi connectivity index (χ4v) is 11.0. The maximum Gasteiger partial charge on any atom is 0.352 e. The molecule has 4 heterocycles. The number of nitrogens with zero attached hydrogens (tertiary/aromatic N) is 8. The minimum Gasteiger partial charge on any atom is -0.500 e. The van der Waals surface area contributed by atoms with Crippen molar-refractivity contribution in [1.29, 1.82) is 5.26 Å². The van der Waals surface area contributed by atoms with Crippen LogP contribution in [0, 0.1) is 11.3 Å².